The van der Waals surface area contributed by atoms with E-state index in [1.807, 2.05) is 24.3 Å². The molecule has 1 heterocycles. The van der Waals surface area contributed by atoms with E-state index in [0.29, 0.717) is 42.9 Å². The van der Waals surface area contributed by atoms with Crippen molar-refractivity contribution in [2.24, 2.45) is 11.5 Å². The number of amides is 2. The summed E-state index contributed by atoms with van der Waals surface area (Å²) < 4.78 is 0. The highest BCUT2D eigenvalue weighted by molar-refractivity contribution is 6.07. The Hall–Kier alpha value is -4.93. The van der Waals surface area contributed by atoms with Crippen molar-refractivity contribution in [3.8, 4) is 0 Å². The van der Waals surface area contributed by atoms with Crippen LogP contribution in [0.2, 0.25) is 0 Å². The van der Waals surface area contributed by atoms with Gasteiger partial charge in [0.15, 0.2) is 11.9 Å². The van der Waals surface area contributed by atoms with Crippen LogP contribution in [0.1, 0.15) is 32.0 Å². The molecular weight excluding hydrogens is 458 g/mol. The highest BCUT2D eigenvalue weighted by Gasteiger charge is 2.13. The van der Waals surface area contributed by atoms with E-state index < -0.39 is 5.91 Å². The third kappa shape index (κ3) is 8.13. The number of nitrogens with zero attached hydrogens (tertiary/aromatic N) is 1. The fourth-order valence-corrected chi connectivity index (χ4v) is 3.29. The molecule has 0 saturated heterocycles. The minimum Gasteiger partial charge on any atom is -0.370 e. The van der Waals surface area contributed by atoms with E-state index in [4.69, 9.17) is 22.3 Å². The van der Waals surface area contributed by atoms with Crippen LogP contribution in [0.5, 0.6) is 0 Å². The van der Waals surface area contributed by atoms with Crippen LogP contribution in [0.3, 0.4) is 0 Å². The van der Waals surface area contributed by atoms with Gasteiger partial charge in [0.05, 0.1) is 0 Å². The zero-order valence-corrected chi connectivity index (χ0v) is 19.6. The summed E-state index contributed by atoms with van der Waals surface area (Å²) in [5.41, 5.74) is 14.2. The average molecular weight is 488 g/mol. The molecule has 3 aromatic rings. The normalized spacial score (nSPS) is 10.2. The zero-order chi connectivity index (χ0) is 25.9. The second-order valence-corrected chi connectivity index (χ2v) is 7.91. The number of benzene rings is 2. The summed E-state index contributed by atoms with van der Waals surface area (Å²) in [6.45, 7) is 1.09. The van der Waals surface area contributed by atoms with Gasteiger partial charge in [-0.1, -0.05) is 24.3 Å². The number of aromatic nitrogens is 1. The summed E-state index contributed by atoms with van der Waals surface area (Å²) in [5.74, 6) is -0.937. The molecular formula is C25H29N9O2. The van der Waals surface area contributed by atoms with Gasteiger partial charge in [0.1, 0.15) is 5.69 Å². The molecule has 0 fully saturated rings. The van der Waals surface area contributed by atoms with Crippen LogP contribution in [0.25, 0.3) is 0 Å². The Morgan fingerprint density at radius 2 is 1.19 bits per heavy atom. The summed E-state index contributed by atoms with van der Waals surface area (Å²) in [5, 5.41) is 25.4. The fraction of sp³-hybridized carbons (Fsp3) is 0.160. The molecule has 0 aliphatic rings. The van der Waals surface area contributed by atoms with Crippen molar-refractivity contribution in [1.29, 1.82) is 10.8 Å². The lowest BCUT2D eigenvalue weighted by molar-refractivity contribution is 0.102. The maximum Gasteiger partial charge on any atom is 0.274 e. The van der Waals surface area contributed by atoms with Gasteiger partial charge in [-0.15, -0.1) is 0 Å². The molecule has 36 heavy (non-hydrogen) atoms. The van der Waals surface area contributed by atoms with E-state index in [1.165, 1.54) is 18.3 Å². The van der Waals surface area contributed by atoms with Crippen LogP contribution >= 0.6 is 0 Å². The maximum absolute atomic E-state index is 12.7. The molecule has 0 bridgehead atoms. The lowest BCUT2D eigenvalue weighted by atomic mass is 10.1. The van der Waals surface area contributed by atoms with E-state index in [1.54, 1.807) is 24.3 Å². The zero-order valence-electron chi connectivity index (χ0n) is 19.6. The van der Waals surface area contributed by atoms with Gasteiger partial charge >= 0.3 is 0 Å². The Morgan fingerprint density at radius 3 is 1.67 bits per heavy atom. The van der Waals surface area contributed by atoms with Crippen molar-refractivity contribution in [1.82, 2.24) is 15.6 Å². The molecule has 10 N–H and O–H groups in total. The van der Waals surface area contributed by atoms with Gasteiger partial charge in [0.2, 0.25) is 0 Å². The molecule has 0 aliphatic carbocycles. The maximum atomic E-state index is 12.7. The minimum absolute atomic E-state index is 0.0718. The number of nitrogens with one attached hydrogen (secondary N) is 6. The predicted octanol–water partition coefficient (Wildman–Crippen LogP) is 1.64. The predicted molar refractivity (Wildman–Crippen MR) is 140 cm³/mol. The molecule has 2 aromatic carbocycles. The Labute approximate surface area is 208 Å². The SMILES string of the molecule is N=C(N)NCCc1ccc(NC(=O)c2ccnc(C(=O)Nc3ccc(CCNC(=N)N)cc3)c2)cc1. The molecule has 0 aliphatic heterocycles. The molecule has 0 atom stereocenters. The number of pyridine rings is 1. The van der Waals surface area contributed by atoms with E-state index in [0.717, 1.165) is 11.1 Å². The summed E-state index contributed by atoms with van der Waals surface area (Å²) in [6.07, 6.45) is 2.79. The van der Waals surface area contributed by atoms with Crippen LogP contribution in [-0.4, -0.2) is 41.8 Å². The monoisotopic (exact) mass is 487 g/mol. The smallest absolute Gasteiger partial charge is 0.274 e. The number of carbonyl (C=O) groups is 2. The topological polar surface area (TPSA) is 195 Å². The van der Waals surface area contributed by atoms with Gasteiger partial charge in [0, 0.05) is 36.2 Å². The Balaban J connectivity index is 1.55. The molecule has 2 amide bonds. The van der Waals surface area contributed by atoms with Gasteiger partial charge in [-0.25, -0.2) is 0 Å². The number of guanidine groups is 2. The molecule has 0 saturated carbocycles. The van der Waals surface area contributed by atoms with Gasteiger partial charge < -0.3 is 32.7 Å². The first-order chi connectivity index (χ1) is 17.3. The van der Waals surface area contributed by atoms with Crippen LogP contribution in [0, 0.1) is 10.8 Å². The van der Waals surface area contributed by atoms with E-state index in [9.17, 15) is 9.59 Å². The lowest BCUT2D eigenvalue weighted by Crippen LogP contribution is -2.31. The van der Waals surface area contributed by atoms with Crippen molar-refractivity contribution < 1.29 is 9.59 Å². The van der Waals surface area contributed by atoms with Crippen LogP contribution in [-0.2, 0) is 12.8 Å². The van der Waals surface area contributed by atoms with Gasteiger partial charge in [0.25, 0.3) is 11.8 Å². The minimum atomic E-state index is -0.431. The molecule has 11 heteroatoms. The highest BCUT2D eigenvalue weighted by Crippen LogP contribution is 2.14. The van der Waals surface area contributed by atoms with Gasteiger partial charge in [-0.3, -0.25) is 25.4 Å². The van der Waals surface area contributed by atoms with Crippen molar-refractivity contribution in [3.63, 3.8) is 0 Å². The number of carbonyl (C=O) groups excluding carboxylic acids is 2. The molecule has 186 valence electrons. The second-order valence-electron chi connectivity index (χ2n) is 7.91. The number of hydrogen-bond donors (Lipinski definition) is 8. The quantitative estimate of drug-likeness (QED) is 0.157. The van der Waals surface area contributed by atoms with Crippen molar-refractivity contribution in [3.05, 3.63) is 89.2 Å². The van der Waals surface area contributed by atoms with Crippen LogP contribution in [0.4, 0.5) is 11.4 Å². The van der Waals surface area contributed by atoms with E-state index >= 15 is 0 Å². The first-order valence-electron chi connectivity index (χ1n) is 11.2. The van der Waals surface area contributed by atoms with Crippen LogP contribution < -0.4 is 32.7 Å². The van der Waals surface area contributed by atoms with Crippen LogP contribution in [0.15, 0.2) is 66.9 Å². The van der Waals surface area contributed by atoms with Crippen molar-refractivity contribution >= 4 is 35.1 Å². The number of hydrogen-bond acceptors (Lipinski definition) is 5. The van der Waals surface area contributed by atoms with E-state index in [-0.39, 0.29) is 23.5 Å². The van der Waals surface area contributed by atoms with Gasteiger partial charge in [-0.2, -0.15) is 0 Å². The summed E-state index contributed by atoms with van der Waals surface area (Å²) in [7, 11) is 0. The lowest BCUT2D eigenvalue weighted by Gasteiger charge is -2.09. The Kier molecular flexibility index (Phi) is 8.93. The number of nitrogens with two attached hydrogens (primary N) is 2. The van der Waals surface area contributed by atoms with Gasteiger partial charge in [-0.05, 0) is 60.4 Å². The molecule has 3 rings (SSSR count). The fourth-order valence-electron chi connectivity index (χ4n) is 3.29. The van der Waals surface area contributed by atoms with Crippen molar-refractivity contribution in [2.45, 2.75) is 12.8 Å². The number of anilines is 2. The molecule has 11 nitrogen and oxygen atoms in total. The van der Waals surface area contributed by atoms with E-state index in [2.05, 4.69) is 26.3 Å². The highest BCUT2D eigenvalue weighted by atomic mass is 16.2. The molecule has 0 spiro atoms. The molecule has 0 unspecified atom stereocenters. The second kappa shape index (κ2) is 12.5. The summed E-state index contributed by atoms with van der Waals surface area (Å²) >= 11 is 0. The average Bonchev–Trinajstić information content (AvgIpc) is 2.86. The first kappa shape index (κ1) is 25.7. The number of rotatable bonds is 10. The van der Waals surface area contributed by atoms with Crippen molar-refractivity contribution in [2.75, 3.05) is 23.7 Å². The Morgan fingerprint density at radius 1 is 0.722 bits per heavy atom. The molecule has 1 aromatic heterocycles. The third-order valence-electron chi connectivity index (χ3n) is 5.14. The summed E-state index contributed by atoms with van der Waals surface area (Å²) in [4.78, 5) is 29.5. The third-order valence-corrected chi connectivity index (χ3v) is 5.14. The molecule has 0 radical (unpaired) electrons. The first-order valence-corrected chi connectivity index (χ1v) is 11.2. The largest absolute Gasteiger partial charge is 0.370 e. The standard InChI is InChI=1S/C25H29N9O2/c26-24(27)31-12-9-16-1-5-19(6-2-16)33-22(35)18-11-14-30-21(15-18)23(36)34-20-7-3-17(4-8-20)10-13-32-25(28)29/h1-8,11,14-15H,9-10,12-13H2,(H,33,35)(H,34,36)(H4,26,27,31)(H4,28,29,32). The Bertz CT molecular complexity index is 1130. The summed E-state index contributed by atoms with van der Waals surface area (Å²) in [6, 6.07) is 17.6.